The molecule has 0 unspecified atom stereocenters. The fourth-order valence-corrected chi connectivity index (χ4v) is 3.18. The SMILES string of the molecule is N#Cc1cc2ncc(NCCn3ccnc3)nc2n2c1nc1ccccc12. The van der Waals surface area contributed by atoms with E-state index < -0.39 is 0 Å². The molecule has 4 heterocycles. The lowest BCUT2D eigenvalue weighted by Gasteiger charge is -2.08. The molecular weight excluding hydrogens is 340 g/mol. The van der Waals surface area contributed by atoms with Gasteiger partial charge in [-0.15, -0.1) is 0 Å². The van der Waals surface area contributed by atoms with E-state index in [1.807, 2.05) is 39.4 Å². The van der Waals surface area contributed by atoms with Crippen LogP contribution < -0.4 is 5.32 Å². The van der Waals surface area contributed by atoms with Gasteiger partial charge in [0.05, 0.1) is 29.1 Å². The number of aromatic nitrogens is 6. The van der Waals surface area contributed by atoms with E-state index in [4.69, 9.17) is 4.98 Å². The van der Waals surface area contributed by atoms with E-state index in [9.17, 15) is 5.26 Å². The van der Waals surface area contributed by atoms with Crippen molar-refractivity contribution in [2.45, 2.75) is 6.54 Å². The fourth-order valence-electron chi connectivity index (χ4n) is 3.18. The number of pyridine rings is 1. The monoisotopic (exact) mass is 354 g/mol. The second kappa shape index (κ2) is 6.07. The molecule has 0 saturated carbocycles. The smallest absolute Gasteiger partial charge is 0.167 e. The molecule has 0 amide bonds. The Morgan fingerprint density at radius 2 is 2.04 bits per heavy atom. The summed E-state index contributed by atoms with van der Waals surface area (Å²) in [6, 6.07) is 11.7. The third-order valence-electron chi connectivity index (χ3n) is 4.43. The van der Waals surface area contributed by atoms with E-state index in [0.717, 1.165) is 17.6 Å². The summed E-state index contributed by atoms with van der Waals surface area (Å²) in [5.41, 5.74) is 4.12. The molecule has 130 valence electrons. The highest BCUT2D eigenvalue weighted by Crippen LogP contribution is 2.24. The molecule has 0 fully saturated rings. The summed E-state index contributed by atoms with van der Waals surface area (Å²) in [5.74, 6) is 0.673. The molecule has 1 aromatic carbocycles. The number of hydrogen-bond donors (Lipinski definition) is 1. The molecule has 5 rings (SSSR count). The molecule has 0 aliphatic carbocycles. The fraction of sp³-hybridized carbons (Fsp3) is 0.105. The van der Waals surface area contributed by atoms with Crippen LogP contribution in [0.3, 0.4) is 0 Å². The number of para-hydroxylation sites is 2. The second-order valence-corrected chi connectivity index (χ2v) is 6.12. The number of benzene rings is 1. The molecule has 4 aromatic heterocycles. The topological polar surface area (TPSA) is 96.7 Å². The van der Waals surface area contributed by atoms with E-state index in [-0.39, 0.29) is 0 Å². The van der Waals surface area contributed by atoms with Crippen molar-refractivity contribution < 1.29 is 0 Å². The van der Waals surface area contributed by atoms with Crippen molar-refractivity contribution in [1.82, 2.24) is 28.9 Å². The first-order valence-corrected chi connectivity index (χ1v) is 8.50. The maximum Gasteiger partial charge on any atom is 0.167 e. The molecule has 0 atom stereocenters. The van der Waals surface area contributed by atoms with Crippen molar-refractivity contribution in [1.29, 1.82) is 5.26 Å². The summed E-state index contributed by atoms with van der Waals surface area (Å²) >= 11 is 0. The van der Waals surface area contributed by atoms with E-state index in [1.165, 1.54) is 0 Å². The Kier molecular flexibility index (Phi) is 3.43. The van der Waals surface area contributed by atoms with Gasteiger partial charge in [-0.25, -0.2) is 19.9 Å². The van der Waals surface area contributed by atoms with E-state index in [1.54, 1.807) is 24.8 Å². The minimum atomic E-state index is 0.480. The Morgan fingerprint density at radius 3 is 2.89 bits per heavy atom. The first-order chi connectivity index (χ1) is 13.3. The zero-order chi connectivity index (χ0) is 18.2. The van der Waals surface area contributed by atoms with Gasteiger partial charge >= 0.3 is 0 Å². The van der Waals surface area contributed by atoms with Gasteiger partial charge in [0.2, 0.25) is 0 Å². The predicted molar refractivity (Wildman–Crippen MR) is 101 cm³/mol. The molecule has 0 radical (unpaired) electrons. The van der Waals surface area contributed by atoms with Crippen molar-refractivity contribution in [3.63, 3.8) is 0 Å². The van der Waals surface area contributed by atoms with Gasteiger partial charge < -0.3 is 9.88 Å². The van der Waals surface area contributed by atoms with Gasteiger partial charge in [-0.3, -0.25) is 4.40 Å². The van der Waals surface area contributed by atoms with E-state index >= 15 is 0 Å². The molecule has 8 heteroatoms. The molecule has 0 bridgehead atoms. The first-order valence-electron chi connectivity index (χ1n) is 8.50. The average Bonchev–Trinajstić information content (AvgIpc) is 3.35. The number of nitrogens with zero attached hydrogens (tertiary/aromatic N) is 7. The Labute approximate surface area is 153 Å². The molecular formula is C19H14N8. The number of rotatable bonds is 4. The Hall–Kier alpha value is -3.99. The summed E-state index contributed by atoms with van der Waals surface area (Å²) < 4.78 is 3.89. The lowest BCUT2D eigenvalue weighted by atomic mass is 10.2. The quantitative estimate of drug-likeness (QED) is 0.533. The van der Waals surface area contributed by atoms with Crippen LogP contribution in [0.4, 0.5) is 5.82 Å². The molecule has 1 N–H and O–H groups in total. The summed E-state index contributed by atoms with van der Waals surface area (Å²) in [7, 11) is 0. The van der Waals surface area contributed by atoms with Crippen LogP contribution in [0.1, 0.15) is 5.56 Å². The third-order valence-corrected chi connectivity index (χ3v) is 4.43. The zero-order valence-corrected chi connectivity index (χ0v) is 14.2. The van der Waals surface area contributed by atoms with Gasteiger partial charge in [0.25, 0.3) is 0 Å². The second-order valence-electron chi connectivity index (χ2n) is 6.12. The number of hydrogen-bond acceptors (Lipinski definition) is 6. The van der Waals surface area contributed by atoms with Crippen molar-refractivity contribution in [2.75, 3.05) is 11.9 Å². The van der Waals surface area contributed by atoms with Crippen LogP contribution in [-0.4, -0.2) is 35.4 Å². The maximum atomic E-state index is 9.51. The van der Waals surface area contributed by atoms with Crippen molar-refractivity contribution in [3.05, 3.63) is 60.8 Å². The molecule has 0 spiro atoms. The van der Waals surface area contributed by atoms with Crippen LogP contribution in [-0.2, 0) is 6.54 Å². The normalized spacial score (nSPS) is 11.2. The highest BCUT2D eigenvalue weighted by Gasteiger charge is 2.14. The van der Waals surface area contributed by atoms with Crippen LogP contribution >= 0.6 is 0 Å². The number of fused-ring (bicyclic) bond motifs is 5. The van der Waals surface area contributed by atoms with Crippen molar-refractivity contribution in [3.8, 4) is 6.07 Å². The summed E-state index contributed by atoms with van der Waals surface area (Å²) in [6.45, 7) is 1.47. The maximum absolute atomic E-state index is 9.51. The Bertz CT molecular complexity index is 1310. The van der Waals surface area contributed by atoms with Gasteiger partial charge in [-0.2, -0.15) is 5.26 Å². The van der Waals surface area contributed by atoms with Gasteiger partial charge in [0.15, 0.2) is 11.3 Å². The van der Waals surface area contributed by atoms with E-state index in [2.05, 4.69) is 26.3 Å². The van der Waals surface area contributed by atoms with Crippen LogP contribution in [0.2, 0.25) is 0 Å². The summed E-state index contributed by atoms with van der Waals surface area (Å²) in [5, 5.41) is 12.8. The average molecular weight is 354 g/mol. The molecule has 27 heavy (non-hydrogen) atoms. The van der Waals surface area contributed by atoms with Crippen LogP contribution in [0.15, 0.2) is 55.2 Å². The predicted octanol–water partition coefficient (Wildman–Crippen LogP) is 2.61. The van der Waals surface area contributed by atoms with Crippen molar-refractivity contribution >= 4 is 33.7 Å². The molecule has 0 aliphatic heterocycles. The van der Waals surface area contributed by atoms with Crippen LogP contribution in [0.25, 0.3) is 27.8 Å². The van der Waals surface area contributed by atoms with Gasteiger partial charge in [-0.1, -0.05) is 12.1 Å². The van der Waals surface area contributed by atoms with E-state index in [0.29, 0.717) is 34.7 Å². The lowest BCUT2D eigenvalue weighted by molar-refractivity contribution is 0.725. The largest absolute Gasteiger partial charge is 0.367 e. The highest BCUT2D eigenvalue weighted by atomic mass is 15.1. The van der Waals surface area contributed by atoms with Crippen LogP contribution in [0, 0.1) is 11.3 Å². The highest BCUT2D eigenvalue weighted by molar-refractivity contribution is 5.90. The third kappa shape index (κ3) is 2.53. The zero-order valence-electron chi connectivity index (χ0n) is 14.2. The molecule has 8 nitrogen and oxygen atoms in total. The Balaban J connectivity index is 1.62. The Morgan fingerprint density at radius 1 is 1.11 bits per heavy atom. The number of nitriles is 1. The van der Waals surface area contributed by atoms with Crippen molar-refractivity contribution in [2.24, 2.45) is 0 Å². The van der Waals surface area contributed by atoms with Gasteiger partial charge in [0.1, 0.15) is 17.4 Å². The van der Waals surface area contributed by atoms with Gasteiger partial charge in [-0.05, 0) is 18.2 Å². The number of anilines is 1. The summed E-state index contributed by atoms with van der Waals surface area (Å²) in [6.07, 6.45) is 7.13. The molecule has 5 aromatic rings. The minimum Gasteiger partial charge on any atom is -0.367 e. The number of imidazole rings is 2. The lowest BCUT2D eigenvalue weighted by Crippen LogP contribution is -2.11. The summed E-state index contributed by atoms with van der Waals surface area (Å²) in [4.78, 5) is 17.9. The first kappa shape index (κ1) is 15.3. The number of nitrogens with one attached hydrogen (secondary N) is 1. The van der Waals surface area contributed by atoms with Crippen LogP contribution in [0.5, 0.6) is 0 Å². The minimum absolute atomic E-state index is 0.480. The molecule has 0 saturated heterocycles. The molecule has 0 aliphatic rings. The van der Waals surface area contributed by atoms with Gasteiger partial charge in [0, 0.05) is 25.5 Å². The standard InChI is InChI=1S/C19H14N8/c20-10-13-9-15-19(27-16-4-2-1-3-14(16)24-18(13)27)25-17(11-23-15)22-6-8-26-7-5-21-12-26/h1-5,7,9,11-12H,6,8H2,(H,22,25).